The number of carbonyl (C=O) groups is 1. The lowest BCUT2D eigenvalue weighted by Gasteiger charge is -2.20. The third-order valence-electron chi connectivity index (χ3n) is 3.75. The number of anilines is 1. The number of carbonyl (C=O) groups excluding carboxylic acids is 1. The number of nitrogens with two attached hydrogens (primary N) is 1. The summed E-state index contributed by atoms with van der Waals surface area (Å²) >= 11 is 0. The molecular weight excluding hydrogens is 264 g/mol. The number of amides is 1. The molecule has 0 aromatic heterocycles. The predicted octanol–water partition coefficient (Wildman–Crippen LogP) is 2.13. The highest BCUT2D eigenvalue weighted by Crippen LogP contribution is 2.15. The number of nitrogens with one attached hydrogen (secondary N) is 2. The minimum absolute atomic E-state index is 0.0288. The number of hydrazine groups is 1. The first kappa shape index (κ1) is 17.5. The van der Waals surface area contributed by atoms with E-state index in [0.29, 0.717) is 18.2 Å². The number of hydrogen-bond acceptors (Lipinski definition) is 4. The number of benzene rings is 1. The second kappa shape index (κ2) is 8.64. The van der Waals surface area contributed by atoms with E-state index in [1.54, 1.807) is 6.07 Å². The Morgan fingerprint density at radius 2 is 2.05 bits per heavy atom. The Labute approximate surface area is 127 Å². The Hall–Kier alpha value is -1.59. The first-order chi connectivity index (χ1) is 9.95. The van der Waals surface area contributed by atoms with Gasteiger partial charge in [-0.25, -0.2) is 0 Å². The van der Waals surface area contributed by atoms with E-state index >= 15 is 0 Å². The molecule has 0 spiro atoms. The minimum Gasteiger partial charge on any atom is -0.352 e. The van der Waals surface area contributed by atoms with Crippen LogP contribution < -0.4 is 16.6 Å². The number of nitrogens with zero attached hydrogens (tertiary/aromatic N) is 1. The van der Waals surface area contributed by atoms with Gasteiger partial charge in [0, 0.05) is 18.2 Å². The number of rotatable bonds is 8. The van der Waals surface area contributed by atoms with Crippen molar-refractivity contribution in [2.24, 2.45) is 5.84 Å². The van der Waals surface area contributed by atoms with Crippen LogP contribution in [0, 0.1) is 6.92 Å². The lowest BCUT2D eigenvalue weighted by molar-refractivity contribution is 0.0952. The third kappa shape index (κ3) is 5.73. The lowest BCUT2D eigenvalue weighted by Crippen LogP contribution is -2.29. The fourth-order valence-electron chi connectivity index (χ4n) is 2.02. The van der Waals surface area contributed by atoms with Crippen molar-refractivity contribution < 1.29 is 4.79 Å². The summed E-state index contributed by atoms with van der Waals surface area (Å²) in [6.07, 6.45) is 2.08. The number of nitrogen functional groups attached to an aromatic ring is 1. The molecule has 0 heterocycles. The van der Waals surface area contributed by atoms with Crippen LogP contribution in [0.15, 0.2) is 18.2 Å². The van der Waals surface area contributed by atoms with E-state index in [1.165, 1.54) is 0 Å². The largest absolute Gasteiger partial charge is 0.352 e. The van der Waals surface area contributed by atoms with Crippen molar-refractivity contribution in [2.75, 3.05) is 25.6 Å². The Kier molecular flexibility index (Phi) is 7.19. The second-order valence-electron chi connectivity index (χ2n) is 5.71. The van der Waals surface area contributed by atoms with Crippen LogP contribution in [-0.4, -0.2) is 37.0 Å². The SMILES string of the molecule is Cc1cc(C(=O)NCCCCN(C)C(C)C)ccc1NN. The maximum Gasteiger partial charge on any atom is 0.251 e. The Morgan fingerprint density at radius 1 is 1.33 bits per heavy atom. The minimum atomic E-state index is -0.0288. The molecule has 0 saturated heterocycles. The van der Waals surface area contributed by atoms with Gasteiger partial charge in [-0.15, -0.1) is 0 Å². The molecule has 1 aromatic carbocycles. The molecule has 0 unspecified atom stereocenters. The molecule has 0 atom stereocenters. The lowest BCUT2D eigenvalue weighted by atomic mass is 10.1. The molecular formula is C16H28N4O. The van der Waals surface area contributed by atoms with Crippen molar-refractivity contribution in [3.05, 3.63) is 29.3 Å². The summed E-state index contributed by atoms with van der Waals surface area (Å²) in [7, 11) is 2.12. The molecule has 118 valence electrons. The highest BCUT2D eigenvalue weighted by Gasteiger charge is 2.07. The van der Waals surface area contributed by atoms with Gasteiger partial charge in [-0.2, -0.15) is 0 Å². The smallest absolute Gasteiger partial charge is 0.251 e. The van der Waals surface area contributed by atoms with Gasteiger partial charge in [0.1, 0.15) is 0 Å². The normalized spacial score (nSPS) is 11.0. The van der Waals surface area contributed by atoms with Gasteiger partial charge >= 0.3 is 0 Å². The van der Waals surface area contributed by atoms with Gasteiger partial charge in [0.05, 0.1) is 5.69 Å². The molecule has 1 amide bonds. The topological polar surface area (TPSA) is 70.4 Å². The van der Waals surface area contributed by atoms with Crippen molar-refractivity contribution in [1.29, 1.82) is 0 Å². The van der Waals surface area contributed by atoms with Crippen LogP contribution in [0.3, 0.4) is 0 Å². The van der Waals surface area contributed by atoms with E-state index < -0.39 is 0 Å². The zero-order chi connectivity index (χ0) is 15.8. The first-order valence-electron chi connectivity index (χ1n) is 7.51. The maximum atomic E-state index is 12.0. The van der Waals surface area contributed by atoms with Crippen LogP contribution in [0.1, 0.15) is 42.6 Å². The van der Waals surface area contributed by atoms with Crippen molar-refractivity contribution in [1.82, 2.24) is 10.2 Å². The highest BCUT2D eigenvalue weighted by atomic mass is 16.1. The van der Waals surface area contributed by atoms with Crippen molar-refractivity contribution in [3.63, 3.8) is 0 Å². The van der Waals surface area contributed by atoms with E-state index in [-0.39, 0.29) is 5.91 Å². The van der Waals surface area contributed by atoms with Crippen LogP contribution in [0.4, 0.5) is 5.69 Å². The average molecular weight is 292 g/mol. The van der Waals surface area contributed by atoms with Gasteiger partial charge in [0.25, 0.3) is 5.91 Å². The molecule has 0 aliphatic rings. The summed E-state index contributed by atoms with van der Waals surface area (Å²) in [4.78, 5) is 14.3. The summed E-state index contributed by atoms with van der Waals surface area (Å²) in [5.74, 6) is 5.35. The summed E-state index contributed by atoms with van der Waals surface area (Å²) < 4.78 is 0. The monoisotopic (exact) mass is 292 g/mol. The zero-order valence-corrected chi connectivity index (χ0v) is 13.6. The quantitative estimate of drug-likeness (QED) is 0.390. The van der Waals surface area contributed by atoms with E-state index in [9.17, 15) is 4.79 Å². The Bertz CT molecular complexity index is 460. The maximum absolute atomic E-state index is 12.0. The molecule has 5 nitrogen and oxygen atoms in total. The Balaban J connectivity index is 2.33. The molecule has 0 aliphatic carbocycles. The molecule has 21 heavy (non-hydrogen) atoms. The summed E-state index contributed by atoms with van der Waals surface area (Å²) in [6, 6.07) is 6.01. The van der Waals surface area contributed by atoms with Crippen molar-refractivity contribution in [2.45, 2.75) is 39.7 Å². The second-order valence-corrected chi connectivity index (χ2v) is 5.71. The van der Waals surface area contributed by atoms with Crippen LogP contribution in [-0.2, 0) is 0 Å². The van der Waals surface area contributed by atoms with E-state index in [1.807, 2.05) is 19.1 Å². The molecule has 4 N–H and O–H groups in total. The van der Waals surface area contributed by atoms with Crippen LogP contribution in [0.5, 0.6) is 0 Å². The number of unbranched alkanes of at least 4 members (excludes halogenated alkanes) is 1. The standard InChI is InChI=1S/C16H28N4O/c1-12(2)20(4)10-6-5-9-18-16(21)14-7-8-15(19-17)13(3)11-14/h7-8,11-12,19H,5-6,9-10,17H2,1-4H3,(H,18,21). The number of aryl methyl sites for hydroxylation is 1. The van der Waals surface area contributed by atoms with Crippen LogP contribution >= 0.6 is 0 Å². The number of hydrogen-bond donors (Lipinski definition) is 3. The van der Waals surface area contributed by atoms with Crippen molar-refractivity contribution in [3.8, 4) is 0 Å². The van der Waals surface area contributed by atoms with Crippen LogP contribution in [0.2, 0.25) is 0 Å². The molecule has 0 saturated carbocycles. The summed E-state index contributed by atoms with van der Waals surface area (Å²) in [5.41, 5.74) is 5.07. The molecule has 1 rings (SSSR count). The van der Waals surface area contributed by atoms with Crippen molar-refractivity contribution >= 4 is 11.6 Å². The zero-order valence-electron chi connectivity index (χ0n) is 13.6. The van der Waals surface area contributed by atoms with Gasteiger partial charge in [0.15, 0.2) is 0 Å². The third-order valence-corrected chi connectivity index (χ3v) is 3.75. The molecule has 0 radical (unpaired) electrons. The molecule has 1 aromatic rings. The van der Waals surface area contributed by atoms with Gasteiger partial charge in [0.2, 0.25) is 0 Å². The van der Waals surface area contributed by atoms with Gasteiger partial charge in [-0.3, -0.25) is 10.6 Å². The fraction of sp³-hybridized carbons (Fsp3) is 0.562. The van der Waals surface area contributed by atoms with Crippen LogP contribution in [0.25, 0.3) is 0 Å². The van der Waals surface area contributed by atoms with Gasteiger partial charge in [-0.05, 0) is 71.0 Å². The summed E-state index contributed by atoms with van der Waals surface area (Å²) in [5, 5.41) is 2.96. The Morgan fingerprint density at radius 3 is 2.62 bits per heavy atom. The first-order valence-corrected chi connectivity index (χ1v) is 7.51. The van der Waals surface area contributed by atoms with E-state index in [2.05, 4.69) is 36.5 Å². The molecule has 0 bridgehead atoms. The summed E-state index contributed by atoms with van der Waals surface area (Å²) in [6.45, 7) is 8.06. The van der Waals surface area contributed by atoms with Gasteiger partial charge in [-0.1, -0.05) is 0 Å². The van der Waals surface area contributed by atoms with E-state index in [0.717, 1.165) is 30.6 Å². The molecule has 0 aliphatic heterocycles. The van der Waals surface area contributed by atoms with E-state index in [4.69, 9.17) is 5.84 Å². The highest BCUT2D eigenvalue weighted by molar-refractivity contribution is 5.94. The molecule has 5 heteroatoms. The average Bonchev–Trinajstić information content (AvgIpc) is 2.46. The fourth-order valence-corrected chi connectivity index (χ4v) is 2.02. The molecule has 0 fully saturated rings. The van der Waals surface area contributed by atoms with Gasteiger partial charge < -0.3 is 15.6 Å². The predicted molar refractivity (Wildman–Crippen MR) is 88.3 cm³/mol.